The van der Waals surface area contributed by atoms with E-state index in [1.807, 2.05) is 0 Å². The Balaban J connectivity index is 1.60. The average Bonchev–Trinajstić information content (AvgIpc) is 3.38. The highest BCUT2D eigenvalue weighted by Gasteiger charge is 2.53. The van der Waals surface area contributed by atoms with Gasteiger partial charge in [-0.15, -0.1) is 0 Å². The van der Waals surface area contributed by atoms with Crippen LogP contribution >= 0.6 is 0 Å². The first-order valence-electron chi connectivity index (χ1n) is 15.8. The minimum Gasteiger partial charge on any atom is -0.463 e. The maximum Gasteiger partial charge on any atom is 0.498 e. The number of rotatable bonds is 7. The minimum absolute atomic E-state index is 0.307. The van der Waals surface area contributed by atoms with Gasteiger partial charge in [-0.2, -0.15) is 0 Å². The SMILES string of the molecule is CCCC(C)c1ccc2c(c1)c1cc(C)ccc1n2-c1cc(C)cc(B2OC(C)(C)C(C)(C)O2)c1OC1CCCCO1. The molecule has 2 unspecified atom stereocenters. The molecule has 42 heavy (non-hydrogen) atoms. The van der Waals surface area contributed by atoms with Crippen LogP contribution in [0.15, 0.2) is 48.5 Å². The van der Waals surface area contributed by atoms with Gasteiger partial charge in [-0.25, -0.2) is 0 Å². The molecule has 0 aliphatic carbocycles. The van der Waals surface area contributed by atoms with Crippen LogP contribution in [0.25, 0.3) is 27.5 Å². The van der Waals surface area contributed by atoms with Crippen LogP contribution < -0.4 is 10.2 Å². The van der Waals surface area contributed by atoms with Gasteiger partial charge in [0.15, 0.2) is 6.29 Å². The van der Waals surface area contributed by atoms with Crippen molar-refractivity contribution in [3.05, 3.63) is 65.2 Å². The lowest BCUT2D eigenvalue weighted by molar-refractivity contribution is -0.105. The van der Waals surface area contributed by atoms with Crippen LogP contribution in [0.3, 0.4) is 0 Å². The van der Waals surface area contributed by atoms with Gasteiger partial charge in [0, 0.05) is 22.7 Å². The summed E-state index contributed by atoms with van der Waals surface area (Å²) in [5.74, 6) is 1.28. The van der Waals surface area contributed by atoms with E-state index in [2.05, 4.69) is 108 Å². The molecular formula is C36H46BNO4. The number of aryl methyl sites for hydroxylation is 2. The molecule has 0 bridgehead atoms. The maximum atomic E-state index is 6.86. The van der Waals surface area contributed by atoms with Crippen molar-refractivity contribution in [2.45, 2.75) is 111 Å². The first-order valence-corrected chi connectivity index (χ1v) is 15.8. The van der Waals surface area contributed by atoms with Crippen molar-refractivity contribution in [2.75, 3.05) is 6.61 Å². The van der Waals surface area contributed by atoms with Crippen LogP contribution in [-0.2, 0) is 14.0 Å². The summed E-state index contributed by atoms with van der Waals surface area (Å²) in [7, 11) is -0.552. The van der Waals surface area contributed by atoms with Crippen molar-refractivity contribution in [1.82, 2.24) is 4.57 Å². The Morgan fingerprint density at radius 2 is 1.60 bits per heavy atom. The zero-order valence-electron chi connectivity index (χ0n) is 26.7. The second-order valence-electron chi connectivity index (χ2n) is 13.5. The number of hydrogen-bond donors (Lipinski definition) is 0. The number of ether oxygens (including phenoxy) is 2. The third-order valence-corrected chi connectivity index (χ3v) is 9.61. The molecule has 6 heteroatoms. The molecule has 3 aromatic carbocycles. The number of fused-ring (bicyclic) bond motifs is 3. The zero-order valence-corrected chi connectivity index (χ0v) is 26.7. The summed E-state index contributed by atoms with van der Waals surface area (Å²) in [6.07, 6.45) is 5.06. The van der Waals surface area contributed by atoms with E-state index in [1.54, 1.807) is 0 Å². The molecule has 3 heterocycles. The smallest absolute Gasteiger partial charge is 0.463 e. The van der Waals surface area contributed by atoms with Crippen LogP contribution in [0.1, 0.15) is 96.3 Å². The first-order chi connectivity index (χ1) is 20.0. The maximum absolute atomic E-state index is 6.86. The molecule has 0 radical (unpaired) electrons. The lowest BCUT2D eigenvalue weighted by Crippen LogP contribution is -2.41. The highest BCUT2D eigenvalue weighted by Crippen LogP contribution is 2.41. The summed E-state index contributed by atoms with van der Waals surface area (Å²) in [5, 5.41) is 2.53. The van der Waals surface area contributed by atoms with E-state index in [0.29, 0.717) is 12.5 Å². The fraction of sp³-hybridized carbons (Fsp3) is 0.500. The molecule has 0 amide bonds. The fourth-order valence-electron chi connectivity index (χ4n) is 6.48. The largest absolute Gasteiger partial charge is 0.498 e. The normalized spacial score (nSPS) is 20.9. The Hall–Kier alpha value is -2.80. The Kier molecular flexibility index (Phi) is 7.70. The molecule has 2 fully saturated rings. The minimum atomic E-state index is -0.552. The molecule has 1 aromatic heterocycles. The van der Waals surface area contributed by atoms with Crippen LogP contribution in [0.5, 0.6) is 5.75 Å². The van der Waals surface area contributed by atoms with Gasteiger partial charge in [0.05, 0.1) is 34.5 Å². The molecule has 0 N–H and O–H groups in total. The topological polar surface area (TPSA) is 41.9 Å². The van der Waals surface area contributed by atoms with Crippen molar-refractivity contribution in [2.24, 2.45) is 0 Å². The second-order valence-corrected chi connectivity index (χ2v) is 13.5. The van der Waals surface area contributed by atoms with E-state index >= 15 is 0 Å². The van der Waals surface area contributed by atoms with E-state index in [1.165, 1.54) is 40.3 Å². The van der Waals surface area contributed by atoms with E-state index < -0.39 is 18.3 Å². The first kappa shape index (κ1) is 29.3. The quantitative estimate of drug-likeness (QED) is 0.210. The molecule has 2 aliphatic heterocycles. The number of aromatic nitrogens is 1. The number of nitrogens with zero attached hydrogens (tertiary/aromatic N) is 1. The van der Waals surface area contributed by atoms with E-state index in [4.69, 9.17) is 18.8 Å². The Morgan fingerprint density at radius 3 is 2.26 bits per heavy atom. The third-order valence-electron chi connectivity index (χ3n) is 9.61. The van der Waals surface area contributed by atoms with Crippen LogP contribution in [-0.4, -0.2) is 35.8 Å². The number of benzene rings is 3. The lowest BCUT2D eigenvalue weighted by atomic mass is 9.77. The predicted molar refractivity (Wildman–Crippen MR) is 174 cm³/mol. The summed E-state index contributed by atoms with van der Waals surface area (Å²) in [6, 6.07) is 18.2. The van der Waals surface area contributed by atoms with Gasteiger partial charge in [0.25, 0.3) is 0 Å². The van der Waals surface area contributed by atoms with Crippen molar-refractivity contribution in [3.63, 3.8) is 0 Å². The Labute approximate surface area is 251 Å². The Morgan fingerprint density at radius 1 is 0.905 bits per heavy atom. The van der Waals surface area contributed by atoms with Gasteiger partial charge in [-0.1, -0.05) is 44.0 Å². The second kappa shape index (κ2) is 11.0. The van der Waals surface area contributed by atoms with Gasteiger partial charge in [-0.05, 0) is 108 Å². The van der Waals surface area contributed by atoms with Crippen molar-refractivity contribution in [1.29, 1.82) is 0 Å². The molecule has 2 saturated heterocycles. The van der Waals surface area contributed by atoms with E-state index in [9.17, 15) is 0 Å². The molecule has 2 aliphatic rings. The molecule has 5 nitrogen and oxygen atoms in total. The van der Waals surface area contributed by atoms with Crippen LogP contribution in [0, 0.1) is 13.8 Å². The predicted octanol–water partition coefficient (Wildman–Crippen LogP) is 8.51. The number of hydrogen-bond acceptors (Lipinski definition) is 4. The molecule has 6 rings (SSSR count). The van der Waals surface area contributed by atoms with Crippen molar-refractivity contribution < 1.29 is 18.8 Å². The van der Waals surface area contributed by atoms with Crippen LogP contribution in [0.4, 0.5) is 0 Å². The summed E-state index contributed by atoms with van der Waals surface area (Å²) >= 11 is 0. The summed E-state index contributed by atoms with van der Waals surface area (Å²) < 4.78 is 28.6. The third kappa shape index (κ3) is 5.16. The summed E-state index contributed by atoms with van der Waals surface area (Å²) in [5.41, 5.74) is 7.08. The van der Waals surface area contributed by atoms with Gasteiger partial charge < -0.3 is 23.3 Å². The van der Waals surface area contributed by atoms with Gasteiger partial charge in [0.1, 0.15) is 5.75 Å². The molecule has 2 atom stereocenters. The highest BCUT2D eigenvalue weighted by molar-refractivity contribution is 6.63. The molecular weight excluding hydrogens is 521 g/mol. The summed E-state index contributed by atoms with van der Waals surface area (Å²) in [6.45, 7) is 18.0. The van der Waals surface area contributed by atoms with Gasteiger partial charge >= 0.3 is 7.12 Å². The molecule has 4 aromatic rings. The van der Waals surface area contributed by atoms with Gasteiger partial charge in [0.2, 0.25) is 0 Å². The van der Waals surface area contributed by atoms with Gasteiger partial charge in [-0.3, -0.25) is 0 Å². The van der Waals surface area contributed by atoms with Crippen molar-refractivity contribution >= 4 is 34.4 Å². The van der Waals surface area contributed by atoms with E-state index in [-0.39, 0.29) is 6.29 Å². The van der Waals surface area contributed by atoms with Crippen LogP contribution in [0.2, 0.25) is 0 Å². The standard InChI is InChI=1S/C36H46BNO4/c1-9-12-25(4)26-15-17-31-28(22-26)27-19-23(2)14-16-30(27)38(31)32-21-24(3)20-29(34(32)40-33-13-10-11-18-39-33)37-41-35(5,6)36(7,8)42-37/h14-17,19-22,25,33H,9-13,18H2,1-8H3. The lowest BCUT2D eigenvalue weighted by Gasteiger charge is -2.32. The summed E-state index contributed by atoms with van der Waals surface area (Å²) in [4.78, 5) is 0. The molecule has 222 valence electrons. The molecule has 0 spiro atoms. The highest BCUT2D eigenvalue weighted by atomic mass is 16.7. The molecule has 0 saturated carbocycles. The van der Waals surface area contributed by atoms with Crippen molar-refractivity contribution in [3.8, 4) is 11.4 Å². The average molecular weight is 568 g/mol. The fourth-order valence-corrected chi connectivity index (χ4v) is 6.48. The monoisotopic (exact) mass is 567 g/mol. The Bertz CT molecular complexity index is 1600. The van der Waals surface area contributed by atoms with E-state index in [0.717, 1.165) is 47.2 Å². The zero-order chi connectivity index (χ0) is 29.8.